The first-order chi connectivity index (χ1) is 10.2. The van der Waals surface area contributed by atoms with E-state index in [1.807, 2.05) is 6.92 Å². The molecule has 0 aliphatic heterocycles. The second-order valence-corrected chi connectivity index (χ2v) is 4.82. The van der Waals surface area contributed by atoms with Crippen molar-refractivity contribution in [2.45, 2.75) is 32.0 Å². The minimum absolute atomic E-state index is 0.0956. The van der Waals surface area contributed by atoms with Crippen molar-refractivity contribution in [1.29, 1.82) is 0 Å². The molecule has 0 spiro atoms. The van der Waals surface area contributed by atoms with Crippen LogP contribution in [0, 0.1) is 0 Å². The summed E-state index contributed by atoms with van der Waals surface area (Å²) < 4.78 is 47.9. The largest absolute Gasteiger partial charge is 0.431 e. The van der Waals surface area contributed by atoms with Crippen LogP contribution in [0.25, 0.3) is 11.4 Å². The lowest BCUT2D eigenvalue weighted by Gasteiger charge is -2.21. The van der Waals surface area contributed by atoms with E-state index in [1.165, 1.54) is 7.11 Å². The van der Waals surface area contributed by atoms with Crippen LogP contribution in [0.2, 0.25) is 0 Å². The molecule has 6 nitrogen and oxygen atoms in total. The Morgan fingerprint density at radius 1 is 1.36 bits per heavy atom. The first-order valence-electron chi connectivity index (χ1n) is 6.41. The molecule has 120 valence electrons. The maximum atomic E-state index is 12.5. The van der Waals surface area contributed by atoms with Crippen molar-refractivity contribution < 1.29 is 22.4 Å². The first kappa shape index (κ1) is 16.2. The molecule has 0 unspecified atom stereocenters. The summed E-state index contributed by atoms with van der Waals surface area (Å²) >= 11 is 0. The number of aromatic amines is 1. The molecule has 0 fully saturated rings. The summed E-state index contributed by atoms with van der Waals surface area (Å²) in [7, 11) is 1.47. The van der Waals surface area contributed by atoms with Crippen molar-refractivity contribution in [1.82, 2.24) is 15.1 Å². The van der Waals surface area contributed by atoms with Crippen molar-refractivity contribution in [2.75, 3.05) is 7.11 Å². The Kier molecular flexibility index (Phi) is 4.10. The Morgan fingerprint density at radius 2 is 2.05 bits per heavy atom. The standard InChI is InChI=1S/C13H14F3N3O3/c1-4-12(2,21-3)11-18-9(19-22-11)7-5-6-8(13(14,15)16)17-10(7)20/h5-6H,4H2,1-3H3,(H,17,20)/t12-/m0/s1. The normalized spacial score (nSPS) is 14.8. The van der Waals surface area contributed by atoms with Crippen molar-refractivity contribution in [3.8, 4) is 11.4 Å². The van der Waals surface area contributed by atoms with Gasteiger partial charge in [0.15, 0.2) is 0 Å². The van der Waals surface area contributed by atoms with Gasteiger partial charge in [0.2, 0.25) is 5.82 Å². The van der Waals surface area contributed by atoms with Crippen molar-refractivity contribution in [2.24, 2.45) is 0 Å². The molecule has 1 atom stereocenters. The molecule has 2 aromatic heterocycles. The second kappa shape index (κ2) is 5.56. The zero-order valence-corrected chi connectivity index (χ0v) is 12.1. The topological polar surface area (TPSA) is 81.0 Å². The molecule has 0 saturated carbocycles. The lowest BCUT2D eigenvalue weighted by atomic mass is 10.0. The van der Waals surface area contributed by atoms with Gasteiger partial charge in [-0.1, -0.05) is 12.1 Å². The van der Waals surface area contributed by atoms with Crippen LogP contribution in [-0.2, 0) is 16.5 Å². The summed E-state index contributed by atoms with van der Waals surface area (Å²) in [6.07, 6.45) is -4.09. The zero-order valence-electron chi connectivity index (χ0n) is 12.1. The molecule has 9 heteroatoms. The number of pyridine rings is 1. The minimum atomic E-state index is -4.63. The highest BCUT2D eigenvalue weighted by Gasteiger charge is 2.33. The maximum Gasteiger partial charge on any atom is 0.431 e. The van der Waals surface area contributed by atoms with Crippen LogP contribution >= 0.6 is 0 Å². The Balaban J connectivity index is 2.42. The number of nitrogens with one attached hydrogen (secondary N) is 1. The molecule has 1 N–H and O–H groups in total. The average molecular weight is 317 g/mol. The minimum Gasteiger partial charge on any atom is -0.369 e. The number of methoxy groups -OCH3 is 1. The fraction of sp³-hybridized carbons (Fsp3) is 0.462. The van der Waals surface area contributed by atoms with Crippen LogP contribution in [0.1, 0.15) is 31.9 Å². The summed E-state index contributed by atoms with van der Waals surface area (Å²) in [5, 5.41) is 3.63. The maximum absolute atomic E-state index is 12.5. The number of aromatic nitrogens is 3. The van der Waals surface area contributed by atoms with Gasteiger partial charge in [-0.25, -0.2) is 0 Å². The highest BCUT2D eigenvalue weighted by molar-refractivity contribution is 5.52. The van der Waals surface area contributed by atoms with Crippen LogP contribution in [0.3, 0.4) is 0 Å². The molecule has 0 amide bonds. The molecule has 2 heterocycles. The number of hydrogen-bond acceptors (Lipinski definition) is 5. The fourth-order valence-corrected chi connectivity index (χ4v) is 1.75. The van der Waals surface area contributed by atoms with Gasteiger partial charge < -0.3 is 14.2 Å². The van der Waals surface area contributed by atoms with Gasteiger partial charge in [0.05, 0.1) is 5.56 Å². The molecule has 0 aliphatic carbocycles. The highest BCUT2D eigenvalue weighted by atomic mass is 19.4. The monoisotopic (exact) mass is 317 g/mol. The molecular weight excluding hydrogens is 303 g/mol. The van der Waals surface area contributed by atoms with Crippen LogP contribution in [-0.4, -0.2) is 22.2 Å². The number of hydrogen-bond donors (Lipinski definition) is 1. The molecule has 0 radical (unpaired) electrons. The van der Waals surface area contributed by atoms with E-state index in [-0.39, 0.29) is 17.3 Å². The highest BCUT2D eigenvalue weighted by Crippen LogP contribution is 2.29. The Morgan fingerprint density at radius 3 is 2.55 bits per heavy atom. The van der Waals surface area contributed by atoms with Gasteiger partial charge in [-0.2, -0.15) is 18.2 Å². The Hall–Kier alpha value is -2.16. The zero-order chi connectivity index (χ0) is 16.5. The lowest BCUT2D eigenvalue weighted by Crippen LogP contribution is -2.23. The van der Waals surface area contributed by atoms with E-state index in [2.05, 4.69) is 10.1 Å². The summed E-state index contributed by atoms with van der Waals surface area (Å²) in [5.74, 6) is 0.0495. The van der Waals surface area contributed by atoms with Crippen LogP contribution in [0.4, 0.5) is 13.2 Å². The van der Waals surface area contributed by atoms with Gasteiger partial charge in [-0.15, -0.1) is 0 Å². The smallest absolute Gasteiger partial charge is 0.369 e. The Labute approximate surface area is 123 Å². The van der Waals surface area contributed by atoms with Gasteiger partial charge in [-0.3, -0.25) is 4.79 Å². The predicted molar refractivity (Wildman–Crippen MR) is 70.0 cm³/mol. The third-order valence-corrected chi connectivity index (χ3v) is 3.46. The molecule has 22 heavy (non-hydrogen) atoms. The molecule has 2 rings (SSSR count). The van der Waals surface area contributed by atoms with Gasteiger partial charge in [0.25, 0.3) is 11.4 Å². The Bertz CT molecular complexity index is 717. The summed E-state index contributed by atoms with van der Waals surface area (Å²) in [6, 6.07) is 1.76. The first-order valence-corrected chi connectivity index (χ1v) is 6.41. The number of ether oxygens (including phenoxy) is 1. The number of nitrogens with zero attached hydrogens (tertiary/aromatic N) is 2. The lowest BCUT2D eigenvalue weighted by molar-refractivity contribution is -0.141. The predicted octanol–water partition coefficient (Wildman–Crippen LogP) is 2.72. The molecule has 0 saturated heterocycles. The molecule has 0 bridgehead atoms. The second-order valence-electron chi connectivity index (χ2n) is 4.82. The van der Waals surface area contributed by atoms with E-state index < -0.39 is 23.0 Å². The number of H-pyrrole nitrogens is 1. The van der Waals surface area contributed by atoms with E-state index >= 15 is 0 Å². The van der Waals surface area contributed by atoms with Gasteiger partial charge in [0, 0.05) is 7.11 Å². The van der Waals surface area contributed by atoms with Crippen LogP contribution < -0.4 is 5.56 Å². The van der Waals surface area contributed by atoms with Crippen molar-refractivity contribution in [3.05, 3.63) is 34.1 Å². The van der Waals surface area contributed by atoms with Crippen LogP contribution in [0.5, 0.6) is 0 Å². The number of alkyl halides is 3. The molecule has 2 aromatic rings. The average Bonchev–Trinajstić information content (AvgIpc) is 2.95. The van der Waals surface area contributed by atoms with E-state index in [9.17, 15) is 18.0 Å². The number of rotatable bonds is 4. The summed E-state index contributed by atoms with van der Waals surface area (Å²) in [6.45, 7) is 3.57. The third-order valence-electron chi connectivity index (χ3n) is 3.46. The molecule has 0 aliphatic rings. The van der Waals surface area contributed by atoms with E-state index in [4.69, 9.17) is 9.26 Å². The van der Waals surface area contributed by atoms with E-state index in [0.717, 1.165) is 12.1 Å². The number of halogens is 3. The summed E-state index contributed by atoms with van der Waals surface area (Å²) in [4.78, 5) is 17.6. The molecular formula is C13H14F3N3O3. The van der Waals surface area contributed by atoms with Gasteiger partial charge in [0.1, 0.15) is 11.3 Å². The van der Waals surface area contributed by atoms with Gasteiger partial charge in [-0.05, 0) is 25.5 Å². The van der Waals surface area contributed by atoms with Gasteiger partial charge >= 0.3 is 6.18 Å². The quantitative estimate of drug-likeness (QED) is 0.937. The van der Waals surface area contributed by atoms with Crippen molar-refractivity contribution in [3.63, 3.8) is 0 Å². The summed E-state index contributed by atoms with van der Waals surface area (Å²) in [5.41, 5.74) is -3.03. The van der Waals surface area contributed by atoms with Crippen molar-refractivity contribution >= 4 is 0 Å². The SMILES string of the molecule is CC[C@](C)(OC)c1nc(-c2ccc(C(F)(F)F)[nH]c2=O)no1. The van der Waals surface area contributed by atoms with Crippen LogP contribution in [0.15, 0.2) is 21.5 Å². The van der Waals surface area contributed by atoms with E-state index in [1.54, 1.807) is 11.9 Å². The third kappa shape index (κ3) is 2.89. The van der Waals surface area contributed by atoms with E-state index in [0.29, 0.717) is 6.42 Å². The fourth-order valence-electron chi connectivity index (χ4n) is 1.75. The molecule has 0 aromatic carbocycles.